The van der Waals surface area contributed by atoms with Crippen LogP contribution < -0.4 is 29.4 Å². The molecule has 0 aliphatic carbocycles. The van der Waals surface area contributed by atoms with Crippen LogP contribution in [0.25, 0.3) is 0 Å². The Morgan fingerprint density at radius 2 is 1.50 bits per heavy atom. The number of sulfonamides is 1. The number of carbonyl (C=O) groups is 1. The number of primary sulfonamides is 1. The number of nitrogens with one attached hydrogen (secondary N) is 1. The van der Waals surface area contributed by atoms with Crippen LogP contribution >= 0.6 is 0 Å². The van der Waals surface area contributed by atoms with Gasteiger partial charge in [-0.05, 0) is 35.9 Å². The fourth-order valence-electron chi connectivity index (χ4n) is 2.56. The predicted molar refractivity (Wildman–Crippen MR) is 102 cm³/mol. The maximum atomic E-state index is 12.6. The molecule has 28 heavy (non-hydrogen) atoms. The third-order valence-corrected chi connectivity index (χ3v) is 4.83. The van der Waals surface area contributed by atoms with Crippen LogP contribution in [0.3, 0.4) is 0 Å². The summed E-state index contributed by atoms with van der Waals surface area (Å²) < 4.78 is 44.1. The molecule has 0 fully saturated rings. The Morgan fingerprint density at radius 3 is 1.96 bits per heavy atom. The highest BCUT2D eigenvalue weighted by molar-refractivity contribution is 7.89. The lowest BCUT2D eigenvalue weighted by atomic mass is 10.1. The summed E-state index contributed by atoms with van der Waals surface area (Å²) in [7, 11) is 1.89. The average Bonchev–Trinajstić information content (AvgIpc) is 2.69. The topological polar surface area (TPSA) is 126 Å². The molecule has 0 aliphatic rings. The number of ether oxygens (including phenoxy) is 4. The van der Waals surface area contributed by atoms with Crippen molar-refractivity contribution in [1.29, 1.82) is 0 Å². The molecule has 0 aliphatic heterocycles. The highest BCUT2D eigenvalue weighted by atomic mass is 32.2. The largest absolute Gasteiger partial charge is 0.496 e. The summed E-state index contributed by atoms with van der Waals surface area (Å²) in [4.78, 5) is 12.4. The first kappa shape index (κ1) is 21.3. The van der Waals surface area contributed by atoms with Crippen LogP contribution in [0.4, 0.5) is 0 Å². The van der Waals surface area contributed by atoms with Crippen molar-refractivity contribution in [2.24, 2.45) is 5.14 Å². The van der Waals surface area contributed by atoms with Crippen molar-refractivity contribution in [2.45, 2.75) is 11.4 Å². The monoisotopic (exact) mass is 410 g/mol. The van der Waals surface area contributed by atoms with E-state index in [0.29, 0.717) is 22.8 Å². The lowest BCUT2D eigenvalue weighted by molar-refractivity contribution is 0.0947. The predicted octanol–water partition coefficient (Wildman–Crippen LogP) is 1.30. The van der Waals surface area contributed by atoms with Crippen molar-refractivity contribution >= 4 is 15.9 Å². The maximum Gasteiger partial charge on any atom is 0.255 e. The van der Waals surface area contributed by atoms with E-state index in [9.17, 15) is 13.2 Å². The smallest absolute Gasteiger partial charge is 0.255 e. The van der Waals surface area contributed by atoms with Crippen LogP contribution in [0.1, 0.15) is 15.9 Å². The Kier molecular flexibility index (Phi) is 6.71. The zero-order valence-corrected chi connectivity index (χ0v) is 16.8. The summed E-state index contributed by atoms with van der Waals surface area (Å²) >= 11 is 0. The molecule has 3 N–H and O–H groups in total. The fourth-order valence-corrected chi connectivity index (χ4v) is 3.10. The molecule has 2 rings (SSSR count). The SMILES string of the molecule is COc1ccc(S(N)(=O)=O)cc1C(=O)NCc1cc(OC)c(OC)c(OC)c1. The van der Waals surface area contributed by atoms with Gasteiger partial charge >= 0.3 is 0 Å². The zero-order valence-electron chi connectivity index (χ0n) is 15.9. The number of carbonyl (C=O) groups excluding carboxylic acids is 1. The first-order valence-electron chi connectivity index (χ1n) is 8.03. The second kappa shape index (κ2) is 8.81. The van der Waals surface area contributed by atoms with Gasteiger partial charge in [-0.15, -0.1) is 0 Å². The highest BCUT2D eigenvalue weighted by Crippen LogP contribution is 2.38. The van der Waals surface area contributed by atoms with E-state index in [-0.39, 0.29) is 22.8 Å². The summed E-state index contributed by atoms with van der Waals surface area (Å²) in [5, 5.41) is 7.84. The van der Waals surface area contributed by atoms with Crippen LogP contribution in [0.5, 0.6) is 23.0 Å². The van der Waals surface area contributed by atoms with E-state index in [4.69, 9.17) is 24.1 Å². The zero-order chi connectivity index (χ0) is 20.9. The molecule has 0 radical (unpaired) electrons. The van der Waals surface area contributed by atoms with Crippen LogP contribution in [0.2, 0.25) is 0 Å². The molecule has 0 heterocycles. The quantitative estimate of drug-likeness (QED) is 0.672. The molecule has 0 atom stereocenters. The van der Waals surface area contributed by atoms with Gasteiger partial charge in [0, 0.05) is 6.54 Å². The summed E-state index contributed by atoms with van der Waals surface area (Å²) in [6, 6.07) is 7.19. The molecule has 1 amide bonds. The third kappa shape index (κ3) is 4.65. The van der Waals surface area contributed by atoms with Crippen molar-refractivity contribution in [1.82, 2.24) is 5.32 Å². The molecule has 10 heteroatoms. The van der Waals surface area contributed by atoms with Gasteiger partial charge in [0.25, 0.3) is 5.91 Å². The molecule has 0 spiro atoms. The van der Waals surface area contributed by atoms with E-state index in [1.54, 1.807) is 12.1 Å². The molecule has 2 aromatic carbocycles. The van der Waals surface area contributed by atoms with Crippen molar-refractivity contribution in [2.75, 3.05) is 28.4 Å². The minimum Gasteiger partial charge on any atom is -0.496 e. The van der Waals surface area contributed by atoms with Gasteiger partial charge in [-0.2, -0.15) is 0 Å². The van der Waals surface area contributed by atoms with Crippen molar-refractivity contribution in [3.63, 3.8) is 0 Å². The van der Waals surface area contributed by atoms with E-state index in [1.807, 2.05) is 0 Å². The van der Waals surface area contributed by atoms with Crippen LogP contribution in [-0.2, 0) is 16.6 Å². The minimum absolute atomic E-state index is 0.0430. The maximum absolute atomic E-state index is 12.6. The summed E-state index contributed by atoms with van der Waals surface area (Å²) in [5.41, 5.74) is 0.728. The normalized spacial score (nSPS) is 10.9. The van der Waals surface area contributed by atoms with Crippen LogP contribution in [0.15, 0.2) is 35.2 Å². The Labute approximate surface area is 163 Å². The van der Waals surface area contributed by atoms with Crippen LogP contribution in [0, 0.1) is 0 Å². The number of benzene rings is 2. The van der Waals surface area contributed by atoms with Gasteiger partial charge in [-0.25, -0.2) is 13.6 Å². The fraction of sp³-hybridized carbons (Fsp3) is 0.278. The molecule has 0 saturated heterocycles. The molecule has 9 nitrogen and oxygen atoms in total. The van der Waals surface area contributed by atoms with Crippen molar-refractivity contribution < 1.29 is 32.2 Å². The standard InChI is InChI=1S/C18H22N2O7S/c1-24-14-6-5-12(28(19,22)23)9-13(14)18(21)20-10-11-7-15(25-2)17(27-4)16(8-11)26-3/h5-9H,10H2,1-4H3,(H,20,21)(H2,19,22,23). The van der Waals surface area contributed by atoms with Gasteiger partial charge in [0.15, 0.2) is 11.5 Å². The molecular weight excluding hydrogens is 388 g/mol. The molecule has 152 valence electrons. The molecule has 0 unspecified atom stereocenters. The van der Waals surface area contributed by atoms with Gasteiger partial charge in [0.2, 0.25) is 15.8 Å². The lowest BCUT2D eigenvalue weighted by Crippen LogP contribution is -2.24. The van der Waals surface area contributed by atoms with E-state index in [2.05, 4.69) is 5.32 Å². The van der Waals surface area contributed by atoms with Gasteiger partial charge in [-0.3, -0.25) is 4.79 Å². The molecule has 0 saturated carbocycles. The number of nitrogens with two attached hydrogens (primary N) is 1. The second-order valence-corrected chi connectivity index (χ2v) is 7.18. The number of hydrogen-bond acceptors (Lipinski definition) is 7. The summed E-state index contributed by atoms with van der Waals surface area (Å²) in [5.74, 6) is 1.01. The molecule has 0 bridgehead atoms. The Hall–Kier alpha value is -2.98. The van der Waals surface area contributed by atoms with E-state index in [0.717, 1.165) is 0 Å². The van der Waals surface area contributed by atoms with Gasteiger partial charge < -0.3 is 24.3 Å². The second-order valence-electron chi connectivity index (χ2n) is 5.62. The molecular formula is C18H22N2O7S. The number of methoxy groups -OCH3 is 4. The summed E-state index contributed by atoms with van der Waals surface area (Å²) in [6.07, 6.45) is 0. The number of amides is 1. The van der Waals surface area contributed by atoms with Crippen molar-refractivity contribution in [3.05, 3.63) is 41.5 Å². The van der Waals surface area contributed by atoms with Crippen molar-refractivity contribution in [3.8, 4) is 23.0 Å². The first-order chi connectivity index (χ1) is 13.2. The number of rotatable bonds is 8. The lowest BCUT2D eigenvalue weighted by Gasteiger charge is -2.15. The molecule has 2 aromatic rings. The minimum atomic E-state index is -3.96. The highest BCUT2D eigenvalue weighted by Gasteiger charge is 2.18. The Balaban J connectivity index is 2.29. The van der Waals surface area contributed by atoms with E-state index >= 15 is 0 Å². The van der Waals surface area contributed by atoms with Crippen LogP contribution in [-0.4, -0.2) is 42.8 Å². The van der Waals surface area contributed by atoms with E-state index < -0.39 is 15.9 Å². The van der Waals surface area contributed by atoms with E-state index in [1.165, 1.54) is 46.6 Å². The Bertz CT molecular complexity index is 949. The third-order valence-electron chi connectivity index (χ3n) is 3.92. The first-order valence-corrected chi connectivity index (χ1v) is 9.57. The van der Waals surface area contributed by atoms with Gasteiger partial charge in [-0.1, -0.05) is 0 Å². The van der Waals surface area contributed by atoms with Gasteiger partial charge in [0.1, 0.15) is 5.75 Å². The summed E-state index contributed by atoms with van der Waals surface area (Å²) in [6.45, 7) is 0.123. The molecule has 0 aromatic heterocycles. The van der Waals surface area contributed by atoms with Gasteiger partial charge in [0.05, 0.1) is 38.9 Å². The Morgan fingerprint density at radius 1 is 0.929 bits per heavy atom. The average molecular weight is 410 g/mol. The number of hydrogen-bond donors (Lipinski definition) is 2.